The van der Waals surface area contributed by atoms with Gasteiger partial charge >= 0.3 is 0 Å². The van der Waals surface area contributed by atoms with Crippen LogP contribution in [0.15, 0.2) is 26.4 Å². The van der Waals surface area contributed by atoms with Gasteiger partial charge in [-0.05, 0) is 34.5 Å². The quantitative estimate of drug-likeness (QED) is 0.446. The predicted molar refractivity (Wildman–Crippen MR) is 90.6 cm³/mol. The third-order valence-corrected chi connectivity index (χ3v) is 5.65. The Kier molecular flexibility index (Phi) is 7.84. The minimum absolute atomic E-state index is 0.0455. The number of sulfonamides is 1. The molecule has 124 valence electrons. The van der Waals surface area contributed by atoms with Crippen molar-refractivity contribution in [2.24, 2.45) is 5.14 Å². The van der Waals surface area contributed by atoms with Crippen molar-refractivity contribution in [1.82, 2.24) is 5.32 Å². The van der Waals surface area contributed by atoms with Crippen molar-refractivity contribution < 1.29 is 18.3 Å². The van der Waals surface area contributed by atoms with E-state index in [1.807, 2.05) is 6.92 Å². The molecule has 0 spiro atoms. The number of carbonyl (C=O) groups is 1. The van der Waals surface area contributed by atoms with Gasteiger partial charge in [0.25, 0.3) is 5.91 Å². The van der Waals surface area contributed by atoms with E-state index in [0.717, 1.165) is 12.8 Å². The van der Waals surface area contributed by atoms with Crippen molar-refractivity contribution in [2.75, 3.05) is 18.9 Å². The lowest BCUT2D eigenvalue weighted by atomic mass is 10.2. The number of halogens is 1. The summed E-state index contributed by atoms with van der Waals surface area (Å²) in [6.07, 6.45) is 1.78. The smallest absolute Gasteiger partial charge is 0.252 e. The number of carbonyl (C=O) groups excluding carboxylic acids is 1. The Morgan fingerprint density at radius 3 is 2.68 bits per heavy atom. The molecule has 4 N–H and O–H groups in total. The largest absolute Gasteiger partial charge is 0.396 e. The van der Waals surface area contributed by atoms with Crippen LogP contribution >= 0.6 is 27.7 Å². The molecule has 0 aliphatic carbocycles. The van der Waals surface area contributed by atoms with Gasteiger partial charge in [0.15, 0.2) is 0 Å². The molecule has 1 aromatic carbocycles. The predicted octanol–water partition coefficient (Wildman–Crippen LogP) is 1.71. The number of benzene rings is 1. The van der Waals surface area contributed by atoms with Crippen molar-refractivity contribution >= 4 is 43.6 Å². The number of unbranched alkanes of at least 4 members (excludes halogenated alkanes) is 1. The van der Waals surface area contributed by atoms with Crippen LogP contribution in [-0.2, 0) is 10.0 Å². The number of primary sulfonamides is 1. The number of nitrogens with one attached hydrogen (secondary N) is 1. The first-order chi connectivity index (χ1) is 10.3. The SMILES string of the molecule is CCCCNC(=O)c1cc(S(N)(=O)=O)c(Br)cc1SCCO. The first kappa shape index (κ1) is 19.4. The van der Waals surface area contributed by atoms with E-state index >= 15 is 0 Å². The summed E-state index contributed by atoms with van der Waals surface area (Å²) in [7, 11) is -3.94. The van der Waals surface area contributed by atoms with Crippen LogP contribution < -0.4 is 10.5 Å². The number of hydrogen-bond donors (Lipinski definition) is 3. The summed E-state index contributed by atoms with van der Waals surface area (Å²) < 4.78 is 23.5. The Hall–Kier alpha value is -0.610. The molecule has 6 nitrogen and oxygen atoms in total. The standard InChI is InChI=1S/C13H19BrN2O4S2/c1-2-3-4-16-13(18)9-7-12(22(15,19)20)10(14)8-11(9)21-6-5-17/h7-8,17H,2-6H2,1H3,(H,16,18)(H2,15,19,20). The van der Waals surface area contributed by atoms with Gasteiger partial charge in [0.2, 0.25) is 10.0 Å². The molecule has 0 heterocycles. The highest BCUT2D eigenvalue weighted by Crippen LogP contribution is 2.31. The summed E-state index contributed by atoms with van der Waals surface area (Å²) in [6.45, 7) is 2.48. The minimum atomic E-state index is -3.94. The van der Waals surface area contributed by atoms with Crippen LogP contribution in [0.1, 0.15) is 30.1 Å². The van der Waals surface area contributed by atoms with Gasteiger partial charge in [-0.1, -0.05) is 13.3 Å². The number of amides is 1. The Labute approximate surface area is 143 Å². The Morgan fingerprint density at radius 1 is 1.45 bits per heavy atom. The second-order valence-corrected chi connectivity index (χ2v) is 8.03. The normalized spacial score (nSPS) is 11.5. The van der Waals surface area contributed by atoms with Gasteiger partial charge in [-0.15, -0.1) is 11.8 Å². The van der Waals surface area contributed by atoms with E-state index < -0.39 is 10.0 Å². The molecule has 0 saturated heterocycles. The number of rotatable bonds is 8. The minimum Gasteiger partial charge on any atom is -0.396 e. The maximum atomic E-state index is 12.3. The lowest BCUT2D eigenvalue weighted by molar-refractivity contribution is 0.0950. The molecule has 1 aromatic rings. The van der Waals surface area contributed by atoms with E-state index in [2.05, 4.69) is 21.2 Å². The maximum Gasteiger partial charge on any atom is 0.252 e. The average Bonchev–Trinajstić information content (AvgIpc) is 2.43. The molecular weight excluding hydrogens is 392 g/mol. The monoisotopic (exact) mass is 410 g/mol. The molecule has 0 radical (unpaired) electrons. The Balaban J connectivity index is 3.21. The van der Waals surface area contributed by atoms with Crippen molar-refractivity contribution in [2.45, 2.75) is 29.6 Å². The molecular formula is C13H19BrN2O4S2. The molecule has 9 heteroatoms. The van der Waals surface area contributed by atoms with Crippen LogP contribution in [0.3, 0.4) is 0 Å². The summed E-state index contributed by atoms with van der Waals surface area (Å²) in [4.78, 5) is 12.7. The Bertz CT molecular complexity index is 635. The third-order valence-electron chi connectivity index (χ3n) is 2.75. The van der Waals surface area contributed by atoms with Gasteiger partial charge in [-0.2, -0.15) is 0 Å². The number of hydrogen-bond acceptors (Lipinski definition) is 5. The van der Waals surface area contributed by atoms with E-state index in [-0.39, 0.29) is 23.0 Å². The van der Waals surface area contributed by atoms with Gasteiger partial charge in [0.05, 0.1) is 17.1 Å². The zero-order valence-corrected chi connectivity index (χ0v) is 15.4. The molecule has 0 aliphatic rings. The number of thioether (sulfide) groups is 1. The highest BCUT2D eigenvalue weighted by molar-refractivity contribution is 9.10. The van der Waals surface area contributed by atoms with Gasteiger partial charge in [0.1, 0.15) is 0 Å². The molecule has 0 aliphatic heterocycles. The highest BCUT2D eigenvalue weighted by atomic mass is 79.9. The van der Waals surface area contributed by atoms with Crippen LogP contribution in [0.2, 0.25) is 0 Å². The summed E-state index contributed by atoms with van der Waals surface area (Å²) in [5.41, 5.74) is 0.238. The first-order valence-electron chi connectivity index (χ1n) is 6.69. The average molecular weight is 411 g/mol. The van der Waals surface area contributed by atoms with Crippen molar-refractivity contribution in [3.05, 3.63) is 22.2 Å². The van der Waals surface area contributed by atoms with Gasteiger partial charge in [-0.25, -0.2) is 13.6 Å². The van der Waals surface area contributed by atoms with E-state index in [1.54, 1.807) is 0 Å². The van der Waals surface area contributed by atoms with E-state index in [1.165, 1.54) is 23.9 Å². The number of nitrogens with two attached hydrogens (primary N) is 1. The molecule has 1 amide bonds. The van der Waals surface area contributed by atoms with Crippen LogP contribution in [-0.4, -0.2) is 38.3 Å². The first-order valence-corrected chi connectivity index (χ1v) is 10.0. The van der Waals surface area contributed by atoms with Crippen LogP contribution in [0.25, 0.3) is 0 Å². The molecule has 0 unspecified atom stereocenters. The number of aliphatic hydroxyl groups excluding tert-OH is 1. The molecule has 0 bridgehead atoms. The molecule has 0 aromatic heterocycles. The zero-order valence-electron chi connectivity index (χ0n) is 12.1. The van der Waals surface area contributed by atoms with Crippen molar-refractivity contribution in [1.29, 1.82) is 0 Å². The lowest BCUT2D eigenvalue weighted by Crippen LogP contribution is -2.25. The highest BCUT2D eigenvalue weighted by Gasteiger charge is 2.20. The Morgan fingerprint density at radius 2 is 2.14 bits per heavy atom. The second kappa shape index (κ2) is 8.88. The third kappa shape index (κ3) is 5.54. The summed E-state index contributed by atoms with van der Waals surface area (Å²) in [6, 6.07) is 2.80. The fourth-order valence-corrected chi connectivity index (χ4v) is 4.28. The maximum absolute atomic E-state index is 12.3. The van der Waals surface area contributed by atoms with Crippen LogP contribution in [0.5, 0.6) is 0 Å². The second-order valence-electron chi connectivity index (χ2n) is 4.51. The van der Waals surface area contributed by atoms with Crippen molar-refractivity contribution in [3.63, 3.8) is 0 Å². The molecule has 0 fully saturated rings. The summed E-state index contributed by atoms with van der Waals surface area (Å²) in [5, 5.41) is 16.8. The summed E-state index contributed by atoms with van der Waals surface area (Å²) in [5.74, 6) is 0.0439. The number of aliphatic hydroxyl groups is 1. The van der Waals surface area contributed by atoms with Crippen LogP contribution in [0.4, 0.5) is 0 Å². The van der Waals surface area contributed by atoms with E-state index in [4.69, 9.17) is 10.2 Å². The molecule has 22 heavy (non-hydrogen) atoms. The topological polar surface area (TPSA) is 109 Å². The molecule has 0 saturated carbocycles. The van der Waals surface area contributed by atoms with Crippen molar-refractivity contribution in [3.8, 4) is 0 Å². The zero-order chi connectivity index (χ0) is 16.8. The van der Waals surface area contributed by atoms with Gasteiger partial charge in [0, 0.05) is 21.7 Å². The van der Waals surface area contributed by atoms with Crippen LogP contribution in [0, 0.1) is 0 Å². The molecule has 1 rings (SSSR count). The van der Waals surface area contributed by atoms with Gasteiger partial charge in [-0.3, -0.25) is 4.79 Å². The lowest BCUT2D eigenvalue weighted by Gasteiger charge is -2.12. The van der Waals surface area contributed by atoms with Gasteiger partial charge < -0.3 is 10.4 Å². The summed E-state index contributed by atoms with van der Waals surface area (Å²) >= 11 is 4.43. The van der Waals surface area contributed by atoms with E-state index in [0.29, 0.717) is 21.7 Å². The fraction of sp³-hybridized carbons (Fsp3) is 0.462. The molecule has 0 atom stereocenters. The van der Waals surface area contributed by atoms with E-state index in [9.17, 15) is 13.2 Å². The fourth-order valence-electron chi connectivity index (χ4n) is 1.68.